The molecule has 1 aliphatic carbocycles. The molecule has 7 heteroatoms. The standard InChI is InChI=1S/C11H22N2O4S/c1-13(2)18(16,17)12-9-11(10(14)15)7-5-3-4-6-8-11/h12H,3-9H2,1-2H3,(H,14,15). The first-order valence-corrected chi connectivity index (χ1v) is 7.65. The van der Waals surface area contributed by atoms with Gasteiger partial charge in [0.1, 0.15) is 0 Å². The highest BCUT2D eigenvalue weighted by Crippen LogP contribution is 2.35. The maximum Gasteiger partial charge on any atom is 0.310 e. The van der Waals surface area contributed by atoms with E-state index in [1.807, 2.05) is 0 Å². The van der Waals surface area contributed by atoms with Crippen LogP contribution in [0.2, 0.25) is 0 Å². The van der Waals surface area contributed by atoms with Crippen molar-refractivity contribution in [3.05, 3.63) is 0 Å². The molecule has 1 saturated carbocycles. The fourth-order valence-electron chi connectivity index (χ4n) is 2.23. The number of hydrogen-bond acceptors (Lipinski definition) is 3. The molecule has 6 nitrogen and oxygen atoms in total. The Morgan fingerprint density at radius 2 is 1.72 bits per heavy atom. The highest BCUT2D eigenvalue weighted by atomic mass is 32.2. The number of nitrogens with zero attached hydrogens (tertiary/aromatic N) is 1. The second-order valence-electron chi connectivity index (χ2n) is 5.11. The van der Waals surface area contributed by atoms with Crippen LogP contribution in [0.5, 0.6) is 0 Å². The topological polar surface area (TPSA) is 86.7 Å². The summed E-state index contributed by atoms with van der Waals surface area (Å²) in [4.78, 5) is 11.5. The number of hydrogen-bond donors (Lipinski definition) is 2. The van der Waals surface area contributed by atoms with Crippen LogP contribution in [0.25, 0.3) is 0 Å². The molecule has 0 heterocycles. The summed E-state index contributed by atoms with van der Waals surface area (Å²) in [5.74, 6) is -0.897. The normalized spacial score (nSPS) is 20.6. The Balaban J connectivity index is 2.77. The minimum Gasteiger partial charge on any atom is -0.481 e. The van der Waals surface area contributed by atoms with Crippen LogP contribution < -0.4 is 4.72 Å². The molecule has 1 rings (SSSR count). The second-order valence-corrected chi connectivity index (χ2v) is 7.08. The Hall–Kier alpha value is -0.660. The van der Waals surface area contributed by atoms with Gasteiger partial charge in [-0.3, -0.25) is 4.79 Å². The van der Waals surface area contributed by atoms with Gasteiger partial charge in [-0.15, -0.1) is 0 Å². The number of carboxylic acid groups (broad SMARTS) is 1. The Kier molecular flexibility index (Phi) is 5.12. The van der Waals surface area contributed by atoms with Gasteiger partial charge >= 0.3 is 5.97 Å². The molecular weight excluding hydrogens is 256 g/mol. The third-order valence-corrected chi connectivity index (χ3v) is 5.06. The van der Waals surface area contributed by atoms with Crippen LogP contribution in [0.4, 0.5) is 0 Å². The Morgan fingerprint density at radius 3 is 2.11 bits per heavy atom. The zero-order valence-electron chi connectivity index (χ0n) is 11.0. The lowest BCUT2D eigenvalue weighted by atomic mass is 9.80. The molecule has 1 aliphatic rings. The van der Waals surface area contributed by atoms with Crippen LogP contribution in [0.3, 0.4) is 0 Å². The molecule has 0 bridgehead atoms. The van der Waals surface area contributed by atoms with Crippen LogP contribution in [0.1, 0.15) is 38.5 Å². The molecule has 18 heavy (non-hydrogen) atoms. The second kappa shape index (κ2) is 5.99. The van der Waals surface area contributed by atoms with Gasteiger partial charge in [-0.05, 0) is 12.8 Å². The van der Waals surface area contributed by atoms with E-state index in [2.05, 4.69) is 4.72 Å². The minimum absolute atomic E-state index is 0.0250. The van der Waals surface area contributed by atoms with E-state index in [9.17, 15) is 18.3 Å². The number of carbonyl (C=O) groups is 1. The molecule has 0 unspecified atom stereocenters. The van der Waals surface area contributed by atoms with Gasteiger partial charge < -0.3 is 5.11 Å². The SMILES string of the molecule is CN(C)S(=O)(=O)NCC1(C(=O)O)CCCCCC1. The largest absolute Gasteiger partial charge is 0.481 e. The van der Waals surface area contributed by atoms with Crippen molar-refractivity contribution in [2.75, 3.05) is 20.6 Å². The molecule has 0 aromatic carbocycles. The zero-order chi connectivity index (χ0) is 13.8. The van der Waals surface area contributed by atoms with Crippen molar-refractivity contribution in [3.8, 4) is 0 Å². The first kappa shape index (κ1) is 15.4. The number of carboxylic acids is 1. The van der Waals surface area contributed by atoms with E-state index in [4.69, 9.17) is 0 Å². The summed E-state index contributed by atoms with van der Waals surface area (Å²) in [5.41, 5.74) is -0.945. The first-order valence-electron chi connectivity index (χ1n) is 6.21. The molecule has 0 aliphatic heterocycles. The van der Waals surface area contributed by atoms with Crippen molar-refractivity contribution in [3.63, 3.8) is 0 Å². The molecule has 1 fully saturated rings. The van der Waals surface area contributed by atoms with Crippen molar-refractivity contribution < 1.29 is 18.3 Å². The molecule has 106 valence electrons. The number of rotatable bonds is 5. The number of aliphatic carboxylic acids is 1. The van der Waals surface area contributed by atoms with Crippen LogP contribution >= 0.6 is 0 Å². The van der Waals surface area contributed by atoms with Crippen LogP contribution in [-0.2, 0) is 15.0 Å². The molecule has 0 aromatic rings. The number of nitrogens with one attached hydrogen (secondary N) is 1. The zero-order valence-corrected chi connectivity index (χ0v) is 11.8. The molecule has 0 atom stereocenters. The Labute approximate surface area is 109 Å². The lowest BCUT2D eigenvalue weighted by molar-refractivity contribution is -0.149. The predicted molar refractivity (Wildman–Crippen MR) is 68.4 cm³/mol. The summed E-state index contributed by atoms with van der Waals surface area (Å²) in [6.07, 6.45) is 4.81. The molecular formula is C11H22N2O4S. The molecule has 0 aromatic heterocycles. The molecule has 2 N–H and O–H groups in total. The minimum atomic E-state index is -3.56. The van der Waals surface area contributed by atoms with E-state index in [-0.39, 0.29) is 6.54 Å². The van der Waals surface area contributed by atoms with Gasteiger partial charge in [0, 0.05) is 20.6 Å². The molecule has 0 spiro atoms. The van der Waals surface area contributed by atoms with Crippen molar-refractivity contribution in [1.82, 2.24) is 9.03 Å². The molecule has 0 radical (unpaired) electrons. The monoisotopic (exact) mass is 278 g/mol. The van der Waals surface area contributed by atoms with Gasteiger partial charge in [0.2, 0.25) is 0 Å². The summed E-state index contributed by atoms with van der Waals surface area (Å²) >= 11 is 0. The van der Waals surface area contributed by atoms with Crippen molar-refractivity contribution in [1.29, 1.82) is 0 Å². The average Bonchev–Trinajstić information content (AvgIpc) is 2.52. The maximum atomic E-state index is 11.6. The van der Waals surface area contributed by atoms with Crippen LogP contribution in [0.15, 0.2) is 0 Å². The molecule has 0 amide bonds. The van der Waals surface area contributed by atoms with Gasteiger partial charge in [-0.1, -0.05) is 25.7 Å². The summed E-state index contributed by atoms with van der Waals surface area (Å²) in [6.45, 7) is -0.0250. The third kappa shape index (κ3) is 3.66. The maximum absolute atomic E-state index is 11.6. The van der Waals surface area contributed by atoms with Crippen LogP contribution in [-0.4, -0.2) is 44.4 Å². The van der Waals surface area contributed by atoms with Crippen molar-refractivity contribution >= 4 is 16.2 Å². The highest BCUT2D eigenvalue weighted by molar-refractivity contribution is 7.87. The van der Waals surface area contributed by atoms with E-state index >= 15 is 0 Å². The van der Waals surface area contributed by atoms with E-state index in [0.29, 0.717) is 12.8 Å². The highest BCUT2D eigenvalue weighted by Gasteiger charge is 2.39. The van der Waals surface area contributed by atoms with Gasteiger partial charge in [0.05, 0.1) is 5.41 Å². The fraction of sp³-hybridized carbons (Fsp3) is 0.909. The smallest absolute Gasteiger partial charge is 0.310 e. The molecule has 0 saturated heterocycles. The van der Waals surface area contributed by atoms with Crippen molar-refractivity contribution in [2.45, 2.75) is 38.5 Å². The van der Waals surface area contributed by atoms with Crippen LogP contribution in [0, 0.1) is 5.41 Å². The Bertz CT molecular complexity index is 384. The predicted octanol–water partition coefficient (Wildman–Crippen LogP) is 0.808. The average molecular weight is 278 g/mol. The van der Waals surface area contributed by atoms with Crippen molar-refractivity contribution in [2.24, 2.45) is 5.41 Å². The summed E-state index contributed by atoms with van der Waals surface area (Å²) in [5, 5.41) is 9.40. The summed E-state index contributed by atoms with van der Waals surface area (Å²) in [6, 6.07) is 0. The first-order chi connectivity index (χ1) is 8.30. The Morgan fingerprint density at radius 1 is 1.22 bits per heavy atom. The lowest BCUT2D eigenvalue weighted by Crippen LogP contribution is -2.46. The van der Waals surface area contributed by atoms with Gasteiger partial charge in [0.25, 0.3) is 10.2 Å². The van der Waals surface area contributed by atoms with Gasteiger partial charge in [-0.2, -0.15) is 12.7 Å². The van der Waals surface area contributed by atoms with Gasteiger partial charge in [-0.25, -0.2) is 4.72 Å². The summed E-state index contributed by atoms with van der Waals surface area (Å²) < 4.78 is 26.7. The quantitative estimate of drug-likeness (QED) is 0.729. The third-order valence-electron chi connectivity index (χ3n) is 3.59. The van der Waals surface area contributed by atoms with E-state index in [1.165, 1.54) is 14.1 Å². The van der Waals surface area contributed by atoms with Gasteiger partial charge in [0.15, 0.2) is 0 Å². The van der Waals surface area contributed by atoms with E-state index in [1.54, 1.807) is 0 Å². The summed E-state index contributed by atoms with van der Waals surface area (Å²) in [7, 11) is -0.722. The fourth-order valence-corrected chi connectivity index (χ4v) is 2.95. The lowest BCUT2D eigenvalue weighted by Gasteiger charge is -2.28. The van der Waals surface area contributed by atoms with E-state index < -0.39 is 21.6 Å². The van der Waals surface area contributed by atoms with E-state index in [0.717, 1.165) is 30.0 Å².